The maximum Gasteiger partial charge on any atom is 0.251 e. The molecule has 0 bridgehead atoms. The van der Waals surface area contributed by atoms with Gasteiger partial charge in [0, 0.05) is 5.56 Å². The van der Waals surface area contributed by atoms with Gasteiger partial charge in [0.05, 0.1) is 6.61 Å². The molecule has 1 aromatic rings. The Hall–Kier alpha value is -1.51. The van der Waals surface area contributed by atoms with Crippen LogP contribution in [0.2, 0.25) is 0 Å². The van der Waals surface area contributed by atoms with Crippen molar-refractivity contribution in [1.29, 1.82) is 0 Å². The van der Waals surface area contributed by atoms with Crippen LogP contribution in [0, 0.1) is 0 Å². The molecule has 20 heavy (non-hydrogen) atoms. The lowest BCUT2D eigenvalue weighted by molar-refractivity contribution is -0.252. The molecule has 0 spiro atoms. The predicted octanol–water partition coefficient (Wildman–Crippen LogP) is -1.78. The summed E-state index contributed by atoms with van der Waals surface area (Å²) in [6.45, 7) is -0.547. The van der Waals surface area contributed by atoms with Gasteiger partial charge in [0.15, 0.2) is 6.29 Å². The Bertz CT molecular complexity index is 453. The number of carbonyl (C=O) groups is 1. The van der Waals surface area contributed by atoms with Crippen molar-refractivity contribution in [2.24, 2.45) is 0 Å². The number of hydrogen-bond donors (Lipinski definition) is 5. The molecule has 5 atom stereocenters. The Morgan fingerprint density at radius 1 is 1.15 bits per heavy atom. The molecule has 7 heteroatoms. The molecule has 1 saturated heterocycles. The first-order valence-electron chi connectivity index (χ1n) is 6.21. The summed E-state index contributed by atoms with van der Waals surface area (Å²) in [4.78, 5) is 11.9. The Morgan fingerprint density at radius 3 is 2.40 bits per heavy atom. The van der Waals surface area contributed by atoms with E-state index in [1.54, 1.807) is 30.3 Å². The topological polar surface area (TPSA) is 119 Å². The van der Waals surface area contributed by atoms with Gasteiger partial charge in [-0.3, -0.25) is 4.79 Å². The minimum atomic E-state index is -1.52. The van der Waals surface area contributed by atoms with Crippen LogP contribution >= 0.6 is 0 Å². The highest BCUT2D eigenvalue weighted by atomic mass is 16.6. The van der Waals surface area contributed by atoms with Gasteiger partial charge in [0.1, 0.15) is 24.4 Å². The fourth-order valence-corrected chi connectivity index (χ4v) is 2.08. The van der Waals surface area contributed by atoms with E-state index in [9.17, 15) is 20.1 Å². The molecule has 0 unspecified atom stereocenters. The highest BCUT2D eigenvalue weighted by Crippen LogP contribution is 2.20. The number of benzene rings is 1. The Balaban J connectivity index is 2.07. The molecule has 0 aromatic heterocycles. The van der Waals surface area contributed by atoms with Crippen LogP contribution in [0.25, 0.3) is 0 Å². The van der Waals surface area contributed by atoms with Crippen LogP contribution in [0.3, 0.4) is 0 Å². The Kier molecular flexibility index (Phi) is 4.69. The quantitative estimate of drug-likeness (QED) is 0.447. The number of amides is 1. The number of rotatable bonds is 3. The molecule has 5 N–H and O–H groups in total. The van der Waals surface area contributed by atoms with Gasteiger partial charge in [0.25, 0.3) is 5.91 Å². The molecule has 110 valence electrons. The van der Waals surface area contributed by atoms with Crippen LogP contribution in [-0.4, -0.2) is 63.6 Å². The number of ether oxygens (including phenoxy) is 1. The molecule has 7 nitrogen and oxygen atoms in total. The predicted molar refractivity (Wildman–Crippen MR) is 67.7 cm³/mol. The maximum absolute atomic E-state index is 11.9. The second kappa shape index (κ2) is 6.29. The van der Waals surface area contributed by atoms with Crippen molar-refractivity contribution in [2.75, 3.05) is 6.61 Å². The second-order valence-corrected chi connectivity index (χ2v) is 4.59. The number of hydrogen-bond acceptors (Lipinski definition) is 6. The van der Waals surface area contributed by atoms with E-state index in [1.807, 2.05) is 0 Å². The van der Waals surface area contributed by atoms with Crippen molar-refractivity contribution in [3.8, 4) is 0 Å². The van der Waals surface area contributed by atoms with Crippen molar-refractivity contribution in [3.05, 3.63) is 35.9 Å². The van der Waals surface area contributed by atoms with Gasteiger partial charge < -0.3 is 30.5 Å². The van der Waals surface area contributed by atoms with Crippen LogP contribution in [0.5, 0.6) is 0 Å². The summed E-state index contributed by atoms with van der Waals surface area (Å²) >= 11 is 0. The van der Waals surface area contributed by atoms with Gasteiger partial charge in [-0.15, -0.1) is 0 Å². The molecule has 1 amide bonds. The van der Waals surface area contributed by atoms with Gasteiger partial charge >= 0.3 is 0 Å². The highest BCUT2D eigenvalue weighted by Gasteiger charge is 2.44. The van der Waals surface area contributed by atoms with Crippen molar-refractivity contribution in [2.45, 2.75) is 30.6 Å². The van der Waals surface area contributed by atoms with E-state index >= 15 is 0 Å². The first kappa shape index (κ1) is 14.9. The third-order valence-electron chi connectivity index (χ3n) is 3.23. The van der Waals surface area contributed by atoms with Crippen molar-refractivity contribution >= 4 is 5.91 Å². The molecule has 0 radical (unpaired) electrons. The normalized spacial score (nSPS) is 33.7. The summed E-state index contributed by atoms with van der Waals surface area (Å²) in [5.74, 6) is -0.507. The van der Waals surface area contributed by atoms with E-state index in [0.29, 0.717) is 5.56 Å². The van der Waals surface area contributed by atoms with Gasteiger partial charge in [-0.2, -0.15) is 0 Å². The molecule has 0 saturated carbocycles. The van der Waals surface area contributed by atoms with Gasteiger partial charge in [-0.25, -0.2) is 0 Å². The van der Waals surface area contributed by atoms with E-state index in [2.05, 4.69) is 5.32 Å². The zero-order valence-corrected chi connectivity index (χ0v) is 10.6. The van der Waals surface area contributed by atoms with Crippen LogP contribution in [0.15, 0.2) is 30.3 Å². The molecule has 1 fully saturated rings. The summed E-state index contributed by atoms with van der Waals surface area (Å²) in [6, 6.07) is 7.07. The van der Waals surface area contributed by atoms with E-state index in [-0.39, 0.29) is 0 Å². The van der Waals surface area contributed by atoms with Crippen LogP contribution in [-0.2, 0) is 4.74 Å². The van der Waals surface area contributed by atoms with Crippen LogP contribution in [0.4, 0.5) is 0 Å². The van der Waals surface area contributed by atoms with Crippen LogP contribution in [0.1, 0.15) is 10.4 Å². The van der Waals surface area contributed by atoms with Crippen LogP contribution < -0.4 is 5.32 Å². The molecule has 1 aliphatic rings. The fraction of sp³-hybridized carbons (Fsp3) is 0.462. The molecule has 0 aliphatic carbocycles. The monoisotopic (exact) mass is 283 g/mol. The first-order chi connectivity index (χ1) is 9.54. The summed E-state index contributed by atoms with van der Waals surface area (Å²) in [5, 5.41) is 40.7. The average Bonchev–Trinajstić information content (AvgIpc) is 2.48. The third-order valence-corrected chi connectivity index (χ3v) is 3.23. The van der Waals surface area contributed by atoms with Crippen molar-refractivity contribution in [3.63, 3.8) is 0 Å². The minimum absolute atomic E-state index is 0.352. The lowest BCUT2D eigenvalue weighted by atomic mass is 9.97. The number of nitrogens with one attached hydrogen (secondary N) is 1. The molecular formula is C13H17NO6. The number of aliphatic hydroxyl groups is 4. The largest absolute Gasteiger partial charge is 0.394 e. The first-order valence-corrected chi connectivity index (χ1v) is 6.21. The SMILES string of the molecule is O=C(N[C@H]1[C@@H](O)[C@@H](O)[C@@H](CO)O[C@H]1O)c1ccccc1. The number of carbonyl (C=O) groups excluding carboxylic acids is 1. The van der Waals surface area contributed by atoms with E-state index in [1.165, 1.54) is 0 Å². The average molecular weight is 283 g/mol. The molecule has 1 aromatic carbocycles. The van der Waals surface area contributed by atoms with Gasteiger partial charge in [0.2, 0.25) is 0 Å². The van der Waals surface area contributed by atoms with Crippen molar-refractivity contribution in [1.82, 2.24) is 5.32 Å². The Labute approximate surface area is 115 Å². The van der Waals surface area contributed by atoms with Gasteiger partial charge in [-0.05, 0) is 12.1 Å². The second-order valence-electron chi connectivity index (χ2n) is 4.59. The Morgan fingerprint density at radius 2 is 1.80 bits per heavy atom. The highest BCUT2D eigenvalue weighted by molar-refractivity contribution is 5.94. The van der Waals surface area contributed by atoms with E-state index in [4.69, 9.17) is 9.84 Å². The molecule has 2 rings (SSSR count). The molecule has 1 heterocycles. The van der Waals surface area contributed by atoms with E-state index < -0.39 is 43.2 Å². The smallest absolute Gasteiger partial charge is 0.251 e. The zero-order chi connectivity index (χ0) is 14.7. The zero-order valence-electron chi connectivity index (χ0n) is 10.6. The summed E-state index contributed by atoms with van der Waals surface area (Å²) < 4.78 is 4.95. The van der Waals surface area contributed by atoms with Gasteiger partial charge in [-0.1, -0.05) is 18.2 Å². The maximum atomic E-state index is 11.9. The summed E-state index contributed by atoms with van der Waals surface area (Å²) in [6.07, 6.45) is -5.45. The lowest BCUT2D eigenvalue weighted by Crippen LogP contribution is -2.64. The molecular weight excluding hydrogens is 266 g/mol. The minimum Gasteiger partial charge on any atom is -0.394 e. The van der Waals surface area contributed by atoms with Crippen molar-refractivity contribution < 1.29 is 30.0 Å². The number of aliphatic hydroxyl groups excluding tert-OH is 4. The summed E-state index contributed by atoms with van der Waals surface area (Å²) in [7, 11) is 0. The van der Waals surface area contributed by atoms with E-state index in [0.717, 1.165) is 0 Å². The fourth-order valence-electron chi connectivity index (χ4n) is 2.08. The lowest BCUT2D eigenvalue weighted by Gasteiger charge is -2.40. The molecule has 1 aliphatic heterocycles. The summed E-state index contributed by atoms with van der Waals surface area (Å²) in [5.41, 5.74) is 0.352. The third kappa shape index (κ3) is 2.97. The standard InChI is InChI=1S/C13H17NO6/c15-6-8-10(16)11(17)9(13(19)20-8)14-12(18)7-4-2-1-3-5-7/h1-5,8-11,13,15-17,19H,6H2,(H,14,18)/t8-,9+,10+,11-,13-/m1/s1.